The van der Waals surface area contributed by atoms with Crippen LogP contribution in [0.15, 0.2) is 36.4 Å². The maximum atomic E-state index is 13.2. The Hall–Kier alpha value is -2.74. The van der Waals surface area contributed by atoms with Gasteiger partial charge in [0, 0.05) is 11.8 Å². The molecule has 23 heavy (non-hydrogen) atoms. The fourth-order valence-corrected chi connectivity index (χ4v) is 1.94. The van der Waals surface area contributed by atoms with E-state index in [0.717, 1.165) is 24.3 Å². The summed E-state index contributed by atoms with van der Waals surface area (Å²) in [5.74, 6) is -2.02. The van der Waals surface area contributed by atoms with Gasteiger partial charge in [0.2, 0.25) is 11.7 Å². The van der Waals surface area contributed by atoms with Crippen molar-refractivity contribution in [3.05, 3.63) is 63.2 Å². The normalized spacial score (nSPS) is 10.2. The molecule has 9 heteroatoms. The van der Waals surface area contributed by atoms with Gasteiger partial charge in [-0.2, -0.15) is 4.39 Å². The van der Waals surface area contributed by atoms with Crippen molar-refractivity contribution in [2.24, 2.45) is 0 Å². The lowest BCUT2D eigenvalue weighted by atomic mass is 10.2. The molecular formula is C14H10ClF2N3O3. The van der Waals surface area contributed by atoms with Crippen molar-refractivity contribution in [1.29, 1.82) is 0 Å². The summed E-state index contributed by atoms with van der Waals surface area (Å²) in [6.07, 6.45) is 0. The lowest BCUT2D eigenvalue weighted by Crippen LogP contribution is -2.22. The molecule has 0 radical (unpaired) electrons. The fraction of sp³-hybridized carbons (Fsp3) is 0.0714. The van der Waals surface area contributed by atoms with Crippen LogP contribution in [0.1, 0.15) is 0 Å². The topological polar surface area (TPSA) is 84.3 Å². The van der Waals surface area contributed by atoms with Crippen molar-refractivity contribution in [3.8, 4) is 0 Å². The number of carbonyl (C=O) groups is 1. The third-order valence-electron chi connectivity index (χ3n) is 2.80. The lowest BCUT2D eigenvalue weighted by Gasteiger charge is -2.09. The Bertz CT molecular complexity index is 771. The average molecular weight is 342 g/mol. The van der Waals surface area contributed by atoms with Gasteiger partial charge in [-0.3, -0.25) is 14.9 Å². The first-order chi connectivity index (χ1) is 10.9. The Morgan fingerprint density at radius 1 is 1.22 bits per heavy atom. The van der Waals surface area contributed by atoms with E-state index in [1.807, 2.05) is 0 Å². The number of nitro benzene ring substituents is 1. The maximum absolute atomic E-state index is 13.2. The molecule has 0 aliphatic rings. The smallest absolute Gasteiger partial charge is 0.306 e. The molecule has 0 aliphatic carbocycles. The van der Waals surface area contributed by atoms with Crippen LogP contribution in [0.3, 0.4) is 0 Å². The number of nitro groups is 1. The standard InChI is InChI=1S/C14H10ClF2N3O3/c15-10-5-8(16)1-4-12(10)19-14(21)7-18-9-2-3-11(17)13(6-9)20(22)23/h1-6,18H,7H2,(H,19,21). The summed E-state index contributed by atoms with van der Waals surface area (Å²) >= 11 is 5.77. The molecule has 0 spiro atoms. The fourth-order valence-electron chi connectivity index (χ4n) is 1.73. The Balaban J connectivity index is 1.99. The number of nitrogens with zero attached hydrogens (tertiary/aromatic N) is 1. The number of benzene rings is 2. The largest absolute Gasteiger partial charge is 0.376 e. The zero-order chi connectivity index (χ0) is 17.0. The van der Waals surface area contributed by atoms with E-state index < -0.39 is 28.2 Å². The molecule has 2 aromatic carbocycles. The van der Waals surface area contributed by atoms with Crippen molar-refractivity contribution in [2.75, 3.05) is 17.2 Å². The van der Waals surface area contributed by atoms with Gasteiger partial charge in [-0.05, 0) is 30.3 Å². The summed E-state index contributed by atoms with van der Waals surface area (Å²) in [5.41, 5.74) is -0.264. The third kappa shape index (κ3) is 4.36. The van der Waals surface area contributed by atoms with Crippen molar-refractivity contribution < 1.29 is 18.5 Å². The van der Waals surface area contributed by atoms with Crippen LogP contribution in [0.2, 0.25) is 5.02 Å². The first-order valence-corrected chi connectivity index (χ1v) is 6.67. The summed E-state index contributed by atoms with van der Waals surface area (Å²) in [6, 6.07) is 6.66. The van der Waals surface area contributed by atoms with E-state index in [1.54, 1.807) is 0 Å². The van der Waals surface area contributed by atoms with Crippen LogP contribution in [0.4, 0.5) is 25.8 Å². The first-order valence-electron chi connectivity index (χ1n) is 6.29. The van der Waals surface area contributed by atoms with Gasteiger partial charge in [-0.25, -0.2) is 4.39 Å². The Kier molecular flexibility index (Phi) is 5.07. The number of hydrogen-bond acceptors (Lipinski definition) is 4. The molecule has 0 saturated carbocycles. The van der Waals surface area contributed by atoms with Crippen molar-refractivity contribution in [3.63, 3.8) is 0 Å². The molecule has 0 heterocycles. The highest BCUT2D eigenvalue weighted by molar-refractivity contribution is 6.33. The molecule has 0 aromatic heterocycles. The molecule has 0 atom stereocenters. The molecular weight excluding hydrogens is 332 g/mol. The number of carbonyl (C=O) groups excluding carboxylic acids is 1. The molecule has 6 nitrogen and oxygen atoms in total. The minimum absolute atomic E-state index is 0.0378. The molecule has 0 bridgehead atoms. The predicted molar refractivity (Wildman–Crippen MR) is 81.6 cm³/mol. The van der Waals surface area contributed by atoms with Crippen LogP contribution < -0.4 is 10.6 Å². The molecule has 2 rings (SSSR count). The number of rotatable bonds is 5. The summed E-state index contributed by atoms with van der Waals surface area (Å²) in [7, 11) is 0. The zero-order valence-electron chi connectivity index (χ0n) is 11.5. The number of anilines is 2. The molecule has 1 amide bonds. The van der Waals surface area contributed by atoms with Crippen molar-refractivity contribution in [1.82, 2.24) is 0 Å². The minimum atomic E-state index is -0.969. The monoisotopic (exact) mass is 341 g/mol. The van der Waals surface area contributed by atoms with Gasteiger partial charge in [0.25, 0.3) is 0 Å². The van der Waals surface area contributed by atoms with Crippen LogP contribution in [-0.4, -0.2) is 17.4 Å². The summed E-state index contributed by atoms with van der Waals surface area (Å²) in [5, 5.41) is 15.7. The van der Waals surface area contributed by atoms with Gasteiger partial charge >= 0.3 is 5.69 Å². The predicted octanol–water partition coefficient (Wildman–Crippen LogP) is 3.58. The van der Waals surface area contributed by atoms with Gasteiger partial charge in [0.15, 0.2) is 0 Å². The SMILES string of the molecule is O=C(CNc1ccc(F)c([N+](=O)[O-])c1)Nc1ccc(F)cc1Cl. The van der Waals surface area contributed by atoms with E-state index in [0.29, 0.717) is 0 Å². The average Bonchev–Trinajstić information content (AvgIpc) is 2.49. The van der Waals surface area contributed by atoms with Crippen LogP contribution in [0.25, 0.3) is 0 Å². The van der Waals surface area contributed by atoms with E-state index in [4.69, 9.17) is 11.6 Å². The third-order valence-corrected chi connectivity index (χ3v) is 3.11. The van der Waals surface area contributed by atoms with E-state index in [2.05, 4.69) is 10.6 Å². The maximum Gasteiger partial charge on any atom is 0.306 e. The molecule has 0 fully saturated rings. The minimum Gasteiger partial charge on any atom is -0.376 e. The Labute approximate surface area is 134 Å². The first kappa shape index (κ1) is 16.6. The Morgan fingerprint density at radius 3 is 2.61 bits per heavy atom. The van der Waals surface area contributed by atoms with Crippen LogP contribution in [-0.2, 0) is 4.79 Å². The van der Waals surface area contributed by atoms with E-state index in [9.17, 15) is 23.7 Å². The van der Waals surface area contributed by atoms with Crippen molar-refractivity contribution >= 4 is 34.6 Å². The van der Waals surface area contributed by atoms with E-state index in [-0.39, 0.29) is 22.9 Å². The van der Waals surface area contributed by atoms with Gasteiger partial charge in [-0.15, -0.1) is 0 Å². The van der Waals surface area contributed by atoms with Crippen molar-refractivity contribution in [2.45, 2.75) is 0 Å². The second-order valence-electron chi connectivity index (χ2n) is 4.45. The number of nitrogens with one attached hydrogen (secondary N) is 2. The van der Waals surface area contributed by atoms with Gasteiger partial charge in [-0.1, -0.05) is 11.6 Å². The summed E-state index contributed by atoms with van der Waals surface area (Å²) in [4.78, 5) is 21.5. The second-order valence-corrected chi connectivity index (χ2v) is 4.86. The zero-order valence-corrected chi connectivity index (χ0v) is 12.2. The van der Waals surface area contributed by atoms with Crippen LogP contribution in [0, 0.1) is 21.7 Å². The quantitative estimate of drug-likeness (QED) is 0.643. The number of halogens is 3. The highest BCUT2D eigenvalue weighted by Gasteiger charge is 2.14. The molecule has 120 valence electrons. The molecule has 2 N–H and O–H groups in total. The van der Waals surface area contributed by atoms with E-state index >= 15 is 0 Å². The molecule has 2 aromatic rings. The second kappa shape index (κ2) is 7.01. The number of amides is 1. The van der Waals surface area contributed by atoms with Gasteiger partial charge in [0.05, 0.1) is 22.2 Å². The van der Waals surface area contributed by atoms with Crippen LogP contribution >= 0.6 is 11.6 Å². The Morgan fingerprint density at radius 2 is 1.96 bits per heavy atom. The molecule has 0 saturated heterocycles. The van der Waals surface area contributed by atoms with E-state index in [1.165, 1.54) is 12.1 Å². The van der Waals surface area contributed by atoms with Gasteiger partial charge < -0.3 is 10.6 Å². The van der Waals surface area contributed by atoms with Gasteiger partial charge in [0.1, 0.15) is 5.82 Å². The molecule has 0 aliphatic heterocycles. The van der Waals surface area contributed by atoms with Crippen LogP contribution in [0.5, 0.6) is 0 Å². The summed E-state index contributed by atoms with van der Waals surface area (Å²) < 4.78 is 26.1. The molecule has 0 unspecified atom stereocenters. The highest BCUT2D eigenvalue weighted by atomic mass is 35.5. The summed E-state index contributed by atoms with van der Waals surface area (Å²) in [6.45, 7) is -0.240. The number of hydrogen-bond donors (Lipinski definition) is 2. The highest BCUT2D eigenvalue weighted by Crippen LogP contribution is 2.23. The lowest BCUT2D eigenvalue weighted by molar-refractivity contribution is -0.387.